The zero-order chi connectivity index (χ0) is 9.97. The minimum Gasteiger partial charge on any atom is -0.389 e. The van der Waals surface area contributed by atoms with Gasteiger partial charge in [0.15, 0.2) is 0 Å². The van der Waals surface area contributed by atoms with E-state index in [1.165, 1.54) is 11.3 Å². The van der Waals surface area contributed by atoms with Crippen molar-refractivity contribution in [2.75, 3.05) is 5.73 Å². The Hall–Kier alpha value is -1.36. The molecule has 0 unspecified atom stereocenters. The monoisotopic (exact) mass is 208 g/mol. The van der Waals surface area contributed by atoms with E-state index in [1.807, 2.05) is 10.9 Å². The first kappa shape index (κ1) is 9.21. The molecule has 2 heterocycles. The van der Waals surface area contributed by atoms with Crippen molar-refractivity contribution in [1.82, 2.24) is 14.8 Å². The molecule has 0 amide bonds. The maximum absolute atomic E-state index is 5.77. The highest BCUT2D eigenvalue weighted by Crippen LogP contribution is 2.26. The highest BCUT2D eigenvalue weighted by atomic mass is 32.1. The summed E-state index contributed by atoms with van der Waals surface area (Å²) in [5.41, 5.74) is 9.37. The van der Waals surface area contributed by atoms with Gasteiger partial charge in [0.2, 0.25) is 0 Å². The van der Waals surface area contributed by atoms with Gasteiger partial charge in [0.25, 0.3) is 0 Å². The van der Waals surface area contributed by atoms with Crippen molar-refractivity contribution in [2.24, 2.45) is 0 Å². The summed E-state index contributed by atoms with van der Waals surface area (Å²) in [4.78, 5) is 4.20. The van der Waals surface area contributed by atoms with Crippen LogP contribution < -0.4 is 5.73 Å². The molecule has 2 rings (SSSR count). The Bertz CT molecular complexity index is 418. The average Bonchev–Trinajstić information content (AvgIpc) is 2.74. The van der Waals surface area contributed by atoms with Crippen LogP contribution in [0.3, 0.4) is 0 Å². The fourth-order valence-electron chi connectivity index (χ4n) is 1.31. The van der Waals surface area contributed by atoms with E-state index in [9.17, 15) is 0 Å². The second kappa shape index (κ2) is 3.79. The molecule has 0 spiro atoms. The lowest BCUT2D eigenvalue weighted by molar-refractivity contribution is 0.603. The minimum absolute atomic E-state index is 0.751. The maximum atomic E-state index is 5.77. The van der Waals surface area contributed by atoms with Crippen molar-refractivity contribution < 1.29 is 0 Å². The topological polar surface area (TPSA) is 56.7 Å². The molecule has 0 atom stereocenters. The third kappa shape index (κ3) is 1.63. The first-order valence-electron chi connectivity index (χ1n) is 4.53. The maximum Gasteiger partial charge on any atom is 0.114 e. The van der Waals surface area contributed by atoms with Crippen LogP contribution >= 0.6 is 11.3 Å². The smallest absolute Gasteiger partial charge is 0.114 e. The predicted octanol–water partition coefficient (Wildman–Crippen LogP) is 2.00. The third-order valence-corrected chi connectivity index (χ3v) is 2.61. The molecule has 74 valence electrons. The van der Waals surface area contributed by atoms with Gasteiger partial charge in [-0.2, -0.15) is 5.10 Å². The Labute approximate surface area is 86.4 Å². The minimum atomic E-state index is 0.751. The fourth-order valence-corrected chi connectivity index (χ4v) is 1.86. The van der Waals surface area contributed by atoms with Crippen LogP contribution in [0.5, 0.6) is 0 Å². The fraction of sp³-hybridized carbons (Fsp3) is 0.333. The van der Waals surface area contributed by atoms with Gasteiger partial charge in [-0.3, -0.25) is 4.68 Å². The first-order chi connectivity index (χ1) is 6.81. The SMILES string of the molecule is CCCn1cc(-c2ncsc2N)cn1. The van der Waals surface area contributed by atoms with E-state index in [0.29, 0.717) is 0 Å². The van der Waals surface area contributed by atoms with E-state index < -0.39 is 0 Å². The Balaban J connectivity index is 2.29. The van der Waals surface area contributed by atoms with Crippen LogP contribution in [0, 0.1) is 0 Å². The van der Waals surface area contributed by atoms with Crippen molar-refractivity contribution in [3.63, 3.8) is 0 Å². The average molecular weight is 208 g/mol. The van der Waals surface area contributed by atoms with E-state index >= 15 is 0 Å². The molecule has 0 aromatic carbocycles. The lowest BCUT2D eigenvalue weighted by Gasteiger charge is -1.95. The van der Waals surface area contributed by atoms with Crippen LogP contribution in [0.15, 0.2) is 17.9 Å². The molecule has 0 aliphatic heterocycles. The summed E-state index contributed by atoms with van der Waals surface area (Å²) in [7, 11) is 0. The summed E-state index contributed by atoms with van der Waals surface area (Å²) in [6.45, 7) is 3.06. The number of aromatic nitrogens is 3. The molecular weight excluding hydrogens is 196 g/mol. The molecule has 0 fully saturated rings. The Morgan fingerprint density at radius 3 is 3.07 bits per heavy atom. The molecule has 4 nitrogen and oxygen atoms in total. The van der Waals surface area contributed by atoms with E-state index in [-0.39, 0.29) is 0 Å². The number of hydrogen-bond donors (Lipinski definition) is 1. The normalized spacial score (nSPS) is 10.6. The van der Waals surface area contributed by atoms with Gasteiger partial charge in [0.1, 0.15) is 10.7 Å². The van der Waals surface area contributed by atoms with E-state index in [2.05, 4.69) is 17.0 Å². The number of hydrogen-bond acceptors (Lipinski definition) is 4. The molecule has 0 bridgehead atoms. The summed E-state index contributed by atoms with van der Waals surface area (Å²) in [6, 6.07) is 0. The molecule has 0 radical (unpaired) electrons. The van der Waals surface area contributed by atoms with Crippen molar-refractivity contribution in [2.45, 2.75) is 19.9 Å². The van der Waals surface area contributed by atoms with Crippen molar-refractivity contribution in [3.8, 4) is 11.3 Å². The van der Waals surface area contributed by atoms with Crippen LogP contribution in [-0.2, 0) is 6.54 Å². The molecule has 2 N–H and O–H groups in total. The Morgan fingerprint density at radius 1 is 1.57 bits per heavy atom. The summed E-state index contributed by atoms with van der Waals surface area (Å²) in [5, 5.41) is 4.98. The quantitative estimate of drug-likeness (QED) is 0.839. The number of thiazole rings is 1. The van der Waals surface area contributed by atoms with Gasteiger partial charge in [0.05, 0.1) is 11.7 Å². The molecule has 0 saturated carbocycles. The van der Waals surface area contributed by atoms with Crippen LogP contribution in [0.4, 0.5) is 5.00 Å². The molecule has 0 aliphatic carbocycles. The van der Waals surface area contributed by atoms with E-state index in [0.717, 1.165) is 29.2 Å². The Morgan fingerprint density at radius 2 is 2.43 bits per heavy atom. The van der Waals surface area contributed by atoms with E-state index in [4.69, 9.17) is 5.73 Å². The summed E-state index contributed by atoms with van der Waals surface area (Å²) < 4.78 is 1.91. The van der Waals surface area contributed by atoms with Gasteiger partial charge in [-0.15, -0.1) is 11.3 Å². The van der Waals surface area contributed by atoms with Gasteiger partial charge >= 0.3 is 0 Å². The summed E-state index contributed by atoms with van der Waals surface area (Å²) in [5.74, 6) is 0. The highest BCUT2D eigenvalue weighted by Gasteiger charge is 2.07. The second-order valence-electron chi connectivity index (χ2n) is 3.06. The third-order valence-electron chi connectivity index (χ3n) is 1.95. The molecule has 2 aromatic heterocycles. The number of aryl methyl sites for hydroxylation is 1. The predicted molar refractivity (Wildman–Crippen MR) is 58.0 cm³/mol. The van der Waals surface area contributed by atoms with Gasteiger partial charge < -0.3 is 5.73 Å². The highest BCUT2D eigenvalue weighted by molar-refractivity contribution is 7.14. The number of rotatable bonds is 3. The second-order valence-corrected chi connectivity index (χ2v) is 3.94. The van der Waals surface area contributed by atoms with Gasteiger partial charge in [-0.25, -0.2) is 4.98 Å². The summed E-state index contributed by atoms with van der Waals surface area (Å²) >= 11 is 1.45. The largest absolute Gasteiger partial charge is 0.389 e. The number of nitrogens with two attached hydrogens (primary N) is 1. The van der Waals surface area contributed by atoms with Crippen LogP contribution in [0.2, 0.25) is 0 Å². The van der Waals surface area contributed by atoms with Crippen molar-refractivity contribution >= 4 is 16.3 Å². The number of anilines is 1. The van der Waals surface area contributed by atoms with Gasteiger partial charge in [-0.05, 0) is 6.42 Å². The van der Waals surface area contributed by atoms with Gasteiger partial charge in [0, 0.05) is 18.3 Å². The number of nitrogens with zero attached hydrogens (tertiary/aromatic N) is 3. The van der Waals surface area contributed by atoms with Crippen LogP contribution in [0.25, 0.3) is 11.3 Å². The molecular formula is C9H12N4S. The molecule has 0 saturated heterocycles. The molecule has 14 heavy (non-hydrogen) atoms. The number of nitrogen functional groups attached to an aromatic ring is 1. The van der Waals surface area contributed by atoms with Crippen molar-refractivity contribution in [3.05, 3.63) is 17.9 Å². The molecule has 5 heteroatoms. The molecule has 0 aliphatic rings. The van der Waals surface area contributed by atoms with Gasteiger partial charge in [-0.1, -0.05) is 6.92 Å². The van der Waals surface area contributed by atoms with Crippen LogP contribution in [-0.4, -0.2) is 14.8 Å². The lowest BCUT2D eigenvalue weighted by Crippen LogP contribution is -1.95. The molecule has 2 aromatic rings. The van der Waals surface area contributed by atoms with E-state index in [1.54, 1.807) is 11.7 Å². The first-order valence-corrected chi connectivity index (χ1v) is 5.41. The zero-order valence-corrected chi connectivity index (χ0v) is 8.79. The zero-order valence-electron chi connectivity index (χ0n) is 7.97. The standard InChI is InChI=1S/C9H12N4S/c1-2-3-13-5-7(4-12-13)8-9(10)14-6-11-8/h4-6H,2-3,10H2,1H3. The Kier molecular flexibility index (Phi) is 2.49. The lowest BCUT2D eigenvalue weighted by atomic mass is 10.3. The van der Waals surface area contributed by atoms with Crippen molar-refractivity contribution in [1.29, 1.82) is 0 Å². The summed E-state index contributed by atoms with van der Waals surface area (Å²) in [6.07, 6.45) is 4.86. The van der Waals surface area contributed by atoms with Crippen LogP contribution in [0.1, 0.15) is 13.3 Å².